The molecule has 0 aliphatic carbocycles. The van der Waals surface area contributed by atoms with E-state index in [1.54, 1.807) is 6.20 Å². The molecule has 5 nitrogen and oxygen atoms in total. The van der Waals surface area contributed by atoms with Gasteiger partial charge >= 0.3 is 0 Å². The van der Waals surface area contributed by atoms with Crippen LogP contribution in [-0.4, -0.2) is 44.6 Å². The van der Waals surface area contributed by atoms with E-state index in [0.717, 1.165) is 29.6 Å². The van der Waals surface area contributed by atoms with Crippen molar-refractivity contribution in [3.8, 4) is 11.5 Å². The van der Waals surface area contributed by atoms with E-state index in [-0.39, 0.29) is 0 Å². The van der Waals surface area contributed by atoms with Crippen molar-refractivity contribution in [1.29, 1.82) is 0 Å². The van der Waals surface area contributed by atoms with Gasteiger partial charge in [-0.3, -0.25) is 0 Å². The largest absolute Gasteiger partial charge is 0.333 e. The third kappa shape index (κ3) is 2.58. The minimum Gasteiger partial charge on any atom is -0.333 e. The maximum absolute atomic E-state index is 4.66. The van der Waals surface area contributed by atoms with Crippen molar-refractivity contribution in [3.05, 3.63) is 30.0 Å². The van der Waals surface area contributed by atoms with Gasteiger partial charge < -0.3 is 9.47 Å². The molecule has 0 amide bonds. The van der Waals surface area contributed by atoms with E-state index in [1.165, 1.54) is 19.4 Å². The Hall–Kier alpha value is -1.75. The monoisotopic (exact) mass is 271 g/mol. The van der Waals surface area contributed by atoms with E-state index >= 15 is 0 Å². The molecular formula is C15H21N5. The van der Waals surface area contributed by atoms with Crippen LogP contribution in [0.1, 0.15) is 30.3 Å². The fourth-order valence-corrected chi connectivity index (χ4v) is 2.93. The Morgan fingerprint density at radius 1 is 1.25 bits per heavy atom. The molecule has 0 N–H and O–H groups in total. The van der Waals surface area contributed by atoms with Gasteiger partial charge in [-0.25, -0.2) is 15.0 Å². The molecule has 0 spiro atoms. The number of hydrogen-bond donors (Lipinski definition) is 0. The molecular weight excluding hydrogens is 250 g/mol. The fourth-order valence-electron chi connectivity index (χ4n) is 2.93. The maximum Gasteiger partial charge on any atom is 0.158 e. The van der Waals surface area contributed by atoms with Gasteiger partial charge in [0.2, 0.25) is 0 Å². The maximum atomic E-state index is 4.66. The molecule has 1 saturated heterocycles. The quantitative estimate of drug-likeness (QED) is 0.838. The molecule has 0 bridgehead atoms. The lowest BCUT2D eigenvalue weighted by Crippen LogP contribution is -2.31. The second-order valence-corrected chi connectivity index (χ2v) is 5.69. The highest BCUT2D eigenvalue weighted by molar-refractivity contribution is 5.50. The minimum absolute atomic E-state index is 0.509. The van der Waals surface area contributed by atoms with Gasteiger partial charge in [0.25, 0.3) is 0 Å². The van der Waals surface area contributed by atoms with Crippen LogP contribution in [0.25, 0.3) is 11.5 Å². The van der Waals surface area contributed by atoms with Crippen LogP contribution in [0.2, 0.25) is 0 Å². The van der Waals surface area contributed by atoms with Gasteiger partial charge in [-0.2, -0.15) is 0 Å². The lowest BCUT2D eigenvalue weighted by Gasteiger charge is -2.29. The molecule has 0 aromatic carbocycles. The summed E-state index contributed by atoms with van der Waals surface area (Å²) >= 11 is 0. The standard InChI is InChI=1S/C15H21N5/c1-11-17-13(12-5-4-7-19(2)10-12)9-14(18-11)15-16-6-8-20(15)3/h6,8-9,12H,4-5,7,10H2,1-3H3/t12-/m1/s1. The Morgan fingerprint density at radius 3 is 2.80 bits per heavy atom. The Morgan fingerprint density at radius 2 is 2.10 bits per heavy atom. The van der Waals surface area contributed by atoms with E-state index in [9.17, 15) is 0 Å². The highest BCUT2D eigenvalue weighted by Gasteiger charge is 2.21. The third-order valence-electron chi connectivity index (χ3n) is 3.95. The fraction of sp³-hybridized carbons (Fsp3) is 0.533. The number of aromatic nitrogens is 4. The van der Waals surface area contributed by atoms with Crippen LogP contribution in [0.4, 0.5) is 0 Å². The van der Waals surface area contributed by atoms with Gasteiger partial charge in [-0.1, -0.05) is 0 Å². The van der Waals surface area contributed by atoms with Crippen LogP contribution in [0.15, 0.2) is 18.5 Å². The van der Waals surface area contributed by atoms with E-state index in [1.807, 2.05) is 24.7 Å². The SMILES string of the molecule is Cc1nc(-c2nccn2C)cc([C@@H]2CCCN(C)C2)n1. The molecule has 3 rings (SSSR count). The summed E-state index contributed by atoms with van der Waals surface area (Å²) in [6, 6.07) is 2.11. The zero-order chi connectivity index (χ0) is 14.1. The number of aryl methyl sites for hydroxylation is 2. The Kier molecular flexibility index (Phi) is 3.53. The first-order valence-corrected chi connectivity index (χ1v) is 7.15. The summed E-state index contributed by atoms with van der Waals surface area (Å²) in [7, 11) is 4.17. The van der Waals surface area contributed by atoms with Crippen molar-refractivity contribution in [2.75, 3.05) is 20.1 Å². The van der Waals surface area contributed by atoms with Crippen LogP contribution in [0.3, 0.4) is 0 Å². The second kappa shape index (κ2) is 5.32. The van der Waals surface area contributed by atoms with E-state index in [0.29, 0.717) is 5.92 Å². The summed E-state index contributed by atoms with van der Waals surface area (Å²) in [5, 5.41) is 0. The van der Waals surface area contributed by atoms with Gasteiger partial charge in [0.05, 0.1) is 0 Å². The predicted molar refractivity (Wildman–Crippen MR) is 78.4 cm³/mol. The van der Waals surface area contributed by atoms with Crippen molar-refractivity contribution in [2.45, 2.75) is 25.7 Å². The zero-order valence-corrected chi connectivity index (χ0v) is 12.4. The summed E-state index contributed by atoms with van der Waals surface area (Å²) < 4.78 is 2.00. The van der Waals surface area contributed by atoms with Crippen LogP contribution in [0, 0.1) is 6.92 Å². The second-order valence-electron chi connectivity index (χ2n) is 5.69. The molecule has 3 heterocycles. The third-order valence-corrected chi connectivity index (χ3v) is 3.95. The Labute approximate surface area is 119 Å². The summed E-state index contributed by atoms with van der Waals surface area (Å²) in [5.74, 6) is 2.24. The molecule has 0 unspecified atom stereocenters. The number of piperidine rings is 1. The number of nitrogens with zero attached hydrogens (tertiary/aromatic N) is 5. The van der Waals surface area contributed by atoms with Gasteiger partial charge in [0.15, 0.2) is 5.82 Å². The van der Waals surface area contributed by atoms with E-state index in [4.69, 9.17) is 0 Å². The molecule has 2 aromatic rings. The molecule has 1 atom stereocenters. The van der Waals surface area contributed by atoms with E-state index in [2.05, 4.69) is 33.0 Å². The molecule has 2 aromatic heterocycles. The number of imidazole rings is 1. The topological polar surface area (TPSA) is 46.8 Å². The molecule has 5 heteroatoms. The highest BCUT2D eigenvalue weighted by atomic mass is 15.1. The van der Waals surface area contributed by atoms with Crippen molar-refractivity contribution in [2.24, 2.45) is 7.05 Å². The average molecular weight is 271 g/mol. The van der Waals surface area contributed by atoms with Crippen LogP contribution >= 0.6 is 0 Å². The average Bonchev–Trinajstić information content (AvgIpc) is 2.84. The van der Waals surface area contributed by atoms with Crippen molar-refractivity contribution in [3.63, 3.8) is 0 Å². The number of likely N-dealkylation sites (tertiary alicyclic amines) is 1. The summed E-state index contributed by atoms with van der Waals surface area (Å²) in [5.41, 5.74) is 2.08. The van der Waals surface area contributed by atoms with Crippen LogP contribution in [-0.2, 0) is 7.05 Å². The molecule has 106 valence electrons. The number of rotatable bonds is 2. The molecule has 0 radical (unpaired) electrons. The van der Waals surface area contributed by atoms with Gasteiger partial charge in [-0.05, 0) is 39.4 Å². The van der Waals surface area contributed by atoms with Gasteiger partial charge in [0, 0.05) is 37.6 Å². The first kappa shape index (κ1) is 13.2. The minimum atomic E-state index is 0.509. The van der Waals surface area contributed by atoms with Crippen LogP contribution < -0.4 is 0 Å². The highest BCUT2D eigenvalue weighted by Crippen LogP contribution is 2.27. The van der Waals surface area contributed by atoms with Crippen molar-refractivity contribution < 1.29 is 0 Å². The molecule has 1 aliphatic heterocycles. The Balaban J connectivity index is 1.96. The molecule has 20 heavy (non-hydrogen) atoms. The molecule has 1 aliphatic rings. The molecule has 0 saturated carbocycles. The molecule has 1 fully saturated rings. The summed E-state index contributed by atoms with van der Waals surface area (Å²) in [6.07, 6.45) is 6.20. The van der Waals surface area contributed by atoms with E-state index < -0.39 is 0 Å². The lowest BCUT2D eigenvalue weighted by molar-refractivity contribution is 0.248. The zero-order valence-electron chi connectivity index (χ0n) is 12.4. The van der Waals surface area contributed by atoms with Crippen LogP contribution in [0.5, 0.6) is 0 Å². The smallest absolute Gasteiger partial charge is 0.158 e. The lowest BCUT2D eigenvalue weighted by atomic mass is 9.94. The number of likely N-dealkylation sites (N-methyl/N-ethyl adjacent to an activating group) is 1. The summed E-state index contributed by atoms with van der Waals surface area (Å²) in [4.78, 5) is 16.0. The Bertz CT molecular complexity index is 604. The number of hydrogen-bond acceptors (Lipinski definition) is 4. The van der Waals surface area contributed by atoms with Gasteiger partial charge in [-0.15, -0.1) is 0 Å². The van der Waals surface area contributed by atoms with Gasteiger partial charge in [0.1, 0.15) is 11.5 Å². The van der Waals surface area contributed by atoms with Crippen molar-refractivity contribution in [1.82, 2.24) is 24.4 Å². The first-order chi connectivity index (χ1) is 9.63. The normalized spacial score (nSPS) is 20.2. The predicted octanol–water partition coefficient (Wildman–Crippen LogP) is 1.99. The van der Waals surface area contributed by atoms with Crippen molar-refractivity contribution >= 4 is 0 Å². The summed E-state index contributed by atoms with van der Waals surface area (Å²) in [6.45, 7) is 4.23. The first-order valence-electron chi connectivity index (χ1n) is 7.15.